The molecule has 3 aliphatic rings. The Hall–Kier alpha value is -2.62. The van der Waals surface area contributed by atoms with Crippen molar-refractivity contribution in [1.29, 1.82) is 0 Å². The number of hydrazine groups is 1. The van der Waals surface area contributed by atoms with E-state index in [1.807, 2.05) is 11.1 Å². The molecule has 4 rings (SSSR count). The highest BCUT2D eigenvalue weighted by molar-refractivity contribution is 7.82. The van der Waals surface area contributed by atoms with Crippen molar-refractivity contribution >= 4 is 34.3 Å². The van der Waals surface area contributed by atoms with Gasteiger partial charge in [-0.2, -0.15) is 5.10 Å². The lowest BCUT2D eigenvalue weighted by atomic mass is 9.89. The summed E-state index contributed by atoms with van der Waals surface area (Å²) in [6.07, 6.45) is 7.77. The van der Waals surface area contributed by atoms with Crippen LogP contribution in [0, 0.1) is 5.92 Å². The van der Waals surface area contributed by atoms with Crippen molar-refractivity contribution in [3.8, 4) is 5.75 Å². The van der Waals surface area contributed by atoms with Gasteiger partial charge < -0.3 is 25.7 Å². The molecule has 0 bridgehead atoms. The number of hydrogen-bond acceptors (Lipinski definition) is 8. The van der Waals surface area contributed by atoms with Crippen LogP contribution in [0.15, 0.2) is 47.3 Å². The first-order valence-electron chi connectivity index (χ1n) is 10.1. The number of thiocarbonyl (C=S) groups is 1. The van der Waals surface area contributed by atoms with Crippen LogP contribution in [0.2, 0.25) is 0 Å². The molecule has 1 saturated heterocycles. The maximum absolute atomic E-state index is 9.76. The molecule has 0 spiro atoms. The number of nitrogens with zero attached hydrogens (tertiary/aromatic N) is 3. The van der Waals surface area contributed by atoms with Gasteiger partial charge in [0.1, 0.15) is 16.5 Å². The zero-order chi connectivity index (χ0) is 21.1. The van der Waals surface area contributed by atoms with Crippen LogP contribution in [0.4, 0.5) is 11.4 Å². The molecule has 1 aromatic rings. The van der Waals surface area contributed by atoms with Gasteiger partial charge in [-0.1, -0.05) is 18.3 Å². The first-order chi connectivity index (χ1) is 14.5. The zero-order valence-corrected chi connectivity index (χ0v) is 17.8. The highest BCUT2D eigenvalue weighted by Crippen LogP contribution is 2.37. The predicted molar refractivity (Wildman–Crippen MR) is 121 cm³/mol. The fraction of sp³-hybridized carbons (Fsp3) is 0.429. The summed E-state index contributed by atoms with van der Waals surface area (Å²) in [5.41, 5.74) is 11.6. The van der Waals surface area contributed by atoms with Crippen molar-refractivity contribution in [2.24, 2.45) is 11.0 Å². The van der Waals surface area contributed by atoms with Gasteiger partial charge in [-0.15, -0.1) is 0 Å². The number of phenols is 1. The van der Waals surface area contributed by atoms with Gasteiger partial charge in [0.15, 0.2) is 0 Å². The number of rotatable bonds is 5. The summed E-state index contributed by atoms with van der Waals surface area (Å²) in [4.78, 5) is 0.620. The van der Waals surface area contributed by atoms with Gasteiger partial charge in [0.05, 0.1) is 43.5 Å². The van der Waals surface area contributed by atoms with E-state index in [2.05, 4.69) is 22.6 Å². The molecule has 0 saturated carbocycles. The number of nitrogens with one attached hydrogen (secondary N) is 1. The summed E-state index contributed by atoms with van der Waals surface area (Å²) >= 11 is 5.67. The highest BCUT2D eigenvalue weighted by Gasteiger charge is 2.36. The maximum Gasteiger partial charge on any atom is 0.137 e. The number of anilines is 2. The average Bonchev–Trinajstić information content (AvgIpc) is 3.20. The molecule has 0 amide bonds. The van der Waals surface area contributed by atoms with Crippen LogP contribution >= 0.6 is 12.2 Å². The fourth-order valence-electron chi connectivity index (χ4n) is 3.92. The van der Waals surface area contributed by atoms with E-state index in [0.29, 0.717) is 30.3 Å². The zero-order valence-electron chi connectivity index (χ0n) is 17.0. The second-order valence-electron chi connectivity index (χ2n) is 7.52. The topological polar surface area (TPSA) is 95.6 Å². The summed E-state index contributed by atoms with van der Waals surface area (Å²) in [6, 6.07) is 5.03. The Morgan fingerprint density at radius 2 is 2.17 bits per heavy atom. The van der Waals surface area contributed by atoms with Gasteiger partial charge in [0, 0.05) is 31.5 Å². The third kappa shape index (κ3) is 4.43. The Morgan fingerprint density at radius 1 is 1.37 bits per heavy atom. The van der Waals surface area contributed by atoms with E-state index in [1.165, 1.54) is 0 Å². The van der Waals surface area contributed by atoms with Crippen LogP contribution in [-0.2, 0) is 9.47 Å². The second-order valence-corrected chi connectivity index (χ2v) is 7.92. The lowest BCUT2D eigenvalue weighted by molar-refractivity contribution is 0.0255. The van der Waals surface area contributed by atoms with Crippen molar-refractivity contribution < 1.29 is 14.6 Å². The Balaban J connectivity index is 1.57. The largest absolute Gasteiger partial charge is 0.508 e. The second kappa shape index (κ2) is 9.03. The van der Waals surface area contributed by atoms with Crippen LogP contribution < -0.4 is 16.2 Å². The Morgan fingerprint density at radius 3 is 2.83 bits per heavy atom. The molecule has 30 heavy (non-hydrogen) atoms. The first kappa shape index (κ1) is 20.6. The molecule has 2 aliphatic heterocycles. The Kier molecular flexibility index (Phi) is 6.21. The van der Waals surface area contributed by atoms with E-state index < -0.39 is 0 Å². The first-order valence-corrected chi connectivity index (χ1v) is 10.5. The van der Waals surface area contributed by atoms with E-state index in [-0.39, 0.29) is 17.7 Å². The number of benzene rings is 1. The summed E-state index contributed by atoms with van der Waals surface area (Å²) in [5.74, 6) is 1.22. The number of nitrogen functional groups attached to an aromatic ring is 1. The van der Waals surface area contributed by atoms with Gasteiger partial charge in [-0.05, 0) is 30.7 Å². The summed E-state index contributed by atoms with van der Waals surface area (Å²) < 4.78 is 10.7. The Bertz CT molecular complexity index is 895. The van der Waals surface area contributed by atoms with Crippen molar-refractivity contribution in [2.45, 2.75) is 18.9 Å². The third-order valence-corrected chi connectivity index (χ3v) is 5.89. The summed E-state index contributed by atoms with van der Waals surface area (Å²) in [7, 11) is 1.67. The van der Waals surface area contributed by atoms with Crippen molar-refractivity contribution in [2.75, 3.05) is 44.2 Å². The molecule has 0 aromatic heterocycles. The number of methoxy groups -OCH3 is 1. The minimum absolute atomic E-state index is 0.0576. The van der Waals surface area contributed by atoms with E-state index in [4.69, 9.17) is 32.5 Å². The molecule has 2 heterocycles. The number of hydrogen-bond donors (Lipinski definition) is 3. The quantitative estimate of drug-likeness (QED) is 0.484. The number of morpholine rings is 1. The SMILES string of the molecule is COC1=CCC(C2CC(C(=S)NN3CCOCC3)=NN2c2ccc(O)cc2N)C=C1. The lowest BCUT2D eigenvalue weighted by Gasteiger charge is -2.30. The molecule has 1 aromatic carbocycles. The van der Waals surface area contributed by atoms with E-state index in [9.17, 15) is 5.11 Å². The molecule has 2 atom stereocenters. The van der Waals surface area contributed by atoms with E-state index in [0.717, 1.165) is 36.7 Å². The molecule has 2 unspecified atom stereocenters. The van der Waals surface area contributed by atoms with Gasteiger partial charge >= 0.3 is 0 Å². The molecule has 160 valence electrons. The summed E-state index contributed by atoms with van der Waals surface area (Å²) in [5, 5.41) is 18.6. The normalized spacial score (nSPS) is 24.4. The van der Waals surface area contributed by atoms with Crippen molar-refractivity contribution in [1.82, 2.24) is 10.4 Å². The Labute approximate surface area is 181 Å². The number of allylic oxidation sites excluding steroid dienone is 2. The molecule has 1 fully saturated rings. The molecule has 4 N–H and O–H groups in total. The fourth-order valence-corrected chi connectivity index (χ4v) is 4.17. The highest BCUT2D eigenvalue weighted by atomic mass is 32.1. The van der Waals surface area contributed by atoms with Gasteiger partial charge in [-0.3, -0.25) is 5.01 Å². The minimum Gasteiger partial charge on any atom is -0.508 e. The number of aromatic hydroxyl groups is 1. The van der Waals surface area contributed by atoms with Gasteiger partial charge in [-0.25, -0.2) is 5.01 Å². The number of ether oxygens (including phenoxy) is 2. The summed E-state index contributed by atoms with van der Waals surface area (Å²) in [6.45, 7) is 2.92. The number of nitrogens with two attached hydrogens (primary N) is 1. The molecular formula is C21H27N5O3S. The van der Waals surface area contributed by atoms with Crippen LogP contribution in [-0.4, -0.2) is 60.3 Å². The predicted octanol–water partition coefficient (Wildman–Crippen LogP) is 2.18. The van der Waals surface area contributed by atoms with E-state index >= 15 is 0 Å². The standard InChI is InChI=1S/C21H27N5O3S/c1-28-16-5-2-14(3-6-16)20-13-18(21(30)24-25-8-10-29-11-9-25)23-26(20)19-7-4-15(27)12-17(19)22/h2,4-7,12,14,20,27H,3,8-11,13,22H2,1H3,(H,24,30). The van der Waals surface area contributed by atoms with Crippen LogP contribution in [0.3, 0.4) is 0 Å². The lowest BCUT2D eigenvalue weighted by Crippen LogP contribution is -2.49. The monoisotopic (exact) mass is 429 g/mol. The van der Waals surface area contributed by atoms with Crippen LogP contribution in [0.5, 0.6) is 5.75 Å². The van der Waals surface area contributed by atoms with Crippen LogP contribution in [0.1, 0.15) is 12.8 Å². The molecule has 1 aliphatic carbocycles. The van der Waals surface area contributed by atoms with Gasteiger partial charge in [0.2, 0.25) is 0 Å². The number of phenolic OH excluding ortho intramolecular Hbond substituents is 1. The van der Waals surface area contributed by atoms with Crippen molar-refractivity contribution in [3.63, 3.8) is 0 Å². The van der Waals surface area contributed by atoms with E-state index in [1.54, 1.807) is 25.3 Å². The smallest absolute Gasteiger partial charge is 0.137 e. The molecule has 0 radical (unpaired) electrons. The van der Waals surface area contributed by atoms with Crippen LogP contribution in [0.25, 0.3) is 0 Å². The van der Waals surface area contributed by atoms with Gasteiger partial charge in [0.25, 0.3) is 0 Å². The maximum atomic E-state index is 9.76. The average molecular weight is 430 g/mol. The number of hydrazone groups is 1. The molecular weight excluding hydrogens is 402 g/mol. The third-order valence-electron chi connectivity index (χ3n) is 5.56. The minimum atomic E-state index is 0.0576. The molecule has 9 heteroatoms. The van der Waals surface area contributed by atoms with Crippen molar-refractivity contribution in [3.05, 3.63) is 42.2 Å². The molecule has 8 nitrogen and oxygen atoms in total.